The van der Waals surface area contributed by atoms with Crippen molar-refractivity contribution in [2.45, 2.75) is 6.54 Å². The van der Waals surface area contributed by atoms with Crippen molar-refractivity contribution in [1.82, 2.24) is 15.5 Å². The van der Waals surface area contributed by atoms with E-state index in [0.717, 1.165) is 0 Å². The zero-order chi connectivity index (χ0) is 10.5. The van der Waals surface area contributed by atoms with E-state index in [1.807, 2.05) is 0 Å². The number of furan rings is 1. The molecule has 76 valence electrons. The predicted octanol–water partition coefficient (Wildman–Crippen LogP) is 1.000. The Balaban J connectivity index is 1.94. The molecule has 0 aromatic carbocycles. The molecule has 0 bridgehead atoms. The highest BCUT2D eigenvalue weighted by Crippen LogP contribution is 1.99. The molecule has 0 radical (unpaired) electrons. The van der Waals surface area contributed by atoms with Crippen molar-refractivity contribution in [3.05, 3.63) is 48.2 Å². The molecule has 1 N–H and O–H groups in total. The number of amides is 1. The molecule has 0 fully saturated rings. The Hall–Kier alpha value is -2.17. The second-order valence-electron chi connectivity index (χ2n) is 2.87. The van der Waals surface area contributed by atoms with Gasteiger partial charge in [-0.3, -0.25) is 4.79 Å². The molecule has 0 spiro atoms. The molecule has 0 unspecified atom stereocenters. The lowest BCUT2D eigenvalue weighted by molar-refractivity contribution is 0.0942. The van der Waals surface area contributed by atoms with Gasteiger partial charge in [0.05, 0.1) is 12.8 Å². The summed E-state index contributed by atoms with van der Waals surface area (Å²) < 4.78 is 5.07. The summed E-state index contributed by atoms with van der Waals surface area (Å²) in [5, 5.41) is 9.97. The van der Waals surface area contributed by atoms with Gasteiger partial charge in [-0.25, -0.2) is 0 Å². The Bertz CT molecular complexity index is 425. The third-order valence-electron chi connectivity index (χ3n) is 1.81. The van der Waals surface area contributed by atoms with Crippen molar-refractivity contribution in [2.24, 2.45) is 0 Å². The van der Waals surface area contributed by atoms with E-state index in [9.17, 15) is 4.79 Å². The standard InChI is InChI=1S/C10H9N3O2/c14-10(9-4-1-5-12-13-9)11-7-8-3-2-6-15-8/h1-6H,7H2,(H,11,14). The SMILES string of the molecule is O=C(NCc1ccco1)c1cccnn1. The Morgan fingerprint density at radius 1 is 1.40 bits per heavy atom. The molecule has 2 heterocycles. The summed E-state index contributed by atoms with van der Waals surface area (Å²) in [6.07, 6.45) is 3.08. The van der Waals surface area contributed by atoms with Gasteiger partial charge in [0.1, 0.15) is 5.76 Å². The first-order valence-corrected chi connectivity index (χ1v) is 4.44. The van der Waals surface area contributed by atoms with Gasteiger partial charge >= 0.3 is 0 Å². The fourth-order valence-electron chi connectivity index (χ4n) is 1.09. The van der Waals surface area contributed by atoms with Gasteiger partial charge in [0, 0.05) is 6.20 Å². The fraction of sp³-hybridized carbons (Fsp3) is 0.100. The lowest BCUT2D eigenvalue weighted by atomic mass is 10.3. The summed E-state index contributed by atoms with van der Waals surface area (Å²) in [5.41, 5.74) is 0.295. The number of hydrogen-bond acceptors (Lipinski definition) is 4. The van der Waals surface area contributed by atoms with Crippen LogP contribution in [0.1, 0.15) is 16.2 Å². The minimum Gasteiger partial charge on any atom is -0.467 e. The Labute approximate surface area is 86.1 Å². The molecule has 5 heteroatoms. The van der Waals surface area contributed by atoms with Crippen LogP contribution in [0.2, 0.25) is 0 Å². The van der Waals surface area contributed by atoms with Crippen LogP contribution < -0.4 is 5.32 Å². The number of carbonyl (C=O) groups is 1. The van der Waals surface area contributed by atoms with E-state index in [1.165, 1.54) is 6.20 Å². The first-order chi connectivity index (χ1) is 7.36. The van der Waals surface area contributed by atoms with Gasteiger partial charge in [-0.1, -0.05) is 0 Å². The summed E-state index contributed by atoms with van der Waals surface area (Å²) >= 11 is 0. The molecule has 0 aliphatic rings. The van der Waals surface area contributed by atoms with Gasteiger partial charge in [-0.05, 0) is 24.3 Å². The zero-order valence-electron chi connectivity index (χ0n) is 7.88. The maximum Gasteiger partial charge on any atom is 0.272 e. The molecule has 2 aromatic heterocycles. The highest BCUT2D eigenvalue weighted by atomic mass is 16.3. The summed E-state index contributed by atoms with van der Waals surface area (Å²) in [6, 6.07) is 6.82. The third-order valence-corrected chi connectivity index (χ3v) is 1.81. The Morgan fingerprint density at radius 2 is 2.33 bits per heavy atom. The van der Waals surface area contributed by atoms with Gasteiger partial charge in [-0.15, -0.1) is 5.10 Å². The Kier molecular flexibility index (Phi) is 2.73. The van der Waals surface area contributed by atoms with E-state index in [-0.39, 0.29) is 5.91 Å². The average Bonchev–Trinajstić information content (AvgIpc) is 2.80. The van der Waals surface area contributed by atoms with Gasteiger partial charge in [0.2, 0.25) is 0 Å². The fourth-order valence-corrected chi connectivity index (χ4v) is 1.09. The first-order valence-electron chi connectivity index (χ1n) is 4.44. The summed E-state index contributed by atoms with van der Waals surface area (Å²) in [4.78, 5) is 11.5. The summed E-state index contributed by atoms with van der Waals surface area (Å²) in [5.74, 6) is 0.437. The van der Waals surface area contributed by atoms with E-state index in [1.54, 1.807) is 30.5 Å². The second-order valence-corrected chi connectivity index (χ2v) is 2.87. The second kappa shape index (κ2) is 4.36. The normalized spacial score (nSPS) is 9.87. The number of hydrogen-bond donors (Lipinski definition) is 1. The lowest BCUT2D eigenvalue weighted by Gasteiger charge is -2.00. The highest BCUT2D eigenvalue weighted by molar-refractivity contribution is 5.91. The summed E-state index contributed by atoms with van der Waals surface area (Å²) in [6.45, 7) is 0.350. The molecule has 0 aliphatic carbocycles. The first kappa shape index (κ1) is 9.39. The number of nitrogens with one attached hydrogen (secondary N) is 1. The van der Waals surface area contributed by atoms with Crippen LogP contribution >= 0.6 is 0 Å². The minimum atomic E-state index is -0.264. The van der Waals surface area contributed by atoms with Crippen molar-refractivity contribution in [2.75, 3.05) is 0 Å². The number of carbonyl (C=O) groups excluding carboxylic acids is 1. The molecule has 0 aliphatic heterocycles. The van der Waals surface area contributed by atoms with Crippen LogP contribution in [0.25, 0.3) is 0 Å². The molecule has 2 rings (SSSR count). The molecule has 0 saturated carbocycles. The molecule has 15 heavy (non-hydrogen) atoms. The van der Waals surface area contributed by atoms with Crippen molar-refractivity contribution < 1.29 is 9.21 Å². The number of aromatic nitrogens is 2. The third kappa shape index (κ3) is 2.40. The number of rotatable bonds is 3. The minimum absolute atomic E-state index is 0.264. The lowest BCUT2D eigenvalue weighted by Crippen LogP contribution is -2.23. The van der Waals surface area contributed by atoms with Crippen molar-refractivity contribution in [3.8, 4) is 0 Å². The van der Waals surface area contributed by atoms with E-state index >= 15 is 0 Å². The quantitative estimate of drug-likeness (QED) is 0.808. The maximum atomic E-state index is 11.5. The molecular weight excluding hydrogens is 194 g/mol. The van der Waals surface area contributed by atoms with Gasteiger partial charge in [0.25, 0.3) is 5.91 Å². The highest BCUT2D eigenvalue weighted by Gasteiger charge is 2.06. The average molecular weight is 203 g/mol. The van der Waals surface area contributed by atoms with Crippen molar-refractivity contribution in [3.63, 3.8) is 0 Å². The smallest absolute Gasteiger partial charge is 0.272 e. The van der Waals surface area contributed by atoms with Gasteiger partial charge in [0.15, 0.2) is 5.69 Å². The van der Waals surface area contributed by atoms with Crippen LogP contribution in [-0.4, -0.2) is 16.1 Å². The van der Waals surface area contributed by atoms with Gasteiger partial charge < -0.3 is 9.73 Å². The van der Waals surface area contributed by atoms with Crippen LogP contribution in [0.3, 0.4) is 0 Å². The Morgan fingerprint density at radius 3 is 3.00 bits per heavy atom. The van der Waals surface area contributed by atoms with Crippen LogP contribution in [0.4, 0.5) is 0 Å². The summed E-state index contributed by atoms with van der Waals surface area (Å²) in [7, 11) is 0. The maximum absolute atomic E-state index is 11.5. The van der Waals surface area contributed by atoms with Crippen LogP contribution in [0.15, 0.2) is 41.1 Å². The van der Waals surface area contributed by atoms with Crippen LogP contribution in [0, 0.1) is 0 Å². The van der Waals surface area contributed by atoms with E-state index < -0.39 is 0 Å². The molecule has 0 atom stereocenters. The number of nitrogens with zero attached hydrogens (tertiary/aromatic N) is 2. The van der Waals surface area contributed by atoms with E-state index in [0.29, 0.717) is 18.0 Å². The van der Waals surface area contributed by atoms with Crippen LogP contribution in [-0.2, 0) is 6.54 Å². The van der Waals surface area contributed by atoms with Crippen LogP contribution in [0.5, 0.6) is 0 Å². The predicted molar refractivity (Wildman–Crippen MR) is 51.9 cm³/mol. The van der Waals surface area contributed by atoms with E-state index in [4.69, 9.17) is 4.42 Å². The van der Waals surface area contributed by atoms with Crippen molar-refractivity contribution >= 4 is 5.91 Å². The molecule has 1 amide bonds. The molecule has 0 saturated heterocycles. The largest absolute Gasteiger partial charge is 0.467 e. The molecule has 2 aromatic rings. The monoisotopic (exact) mass is 203 g/mol. The van der Waals surface area contributed by atoms with E-state index in [2.05, 4.69) is 15.5 Å². The topological polar surface area (TPSA) is 68.0 Å². The molecular formula is C10H9N3O2. The molecule has 5 nitrogen and oxygen atoms in total. The van der Waals surface area contributed by atoms with Crippen molar-refractivity contribution in [1.29, 1.82) is 0 Å². The van der Waals surface area contributed by atoms with Gasteiger partial charge in [-0.2, -0.15) is 5.10 Å². The zero-order valence-corrected chi connectivity index (χ0v) is 7.88.